The Labute approximate surface area is 269 Å². The quantitative estimate of drug-likeness (QED) is 0.178. The molecule has 0 aliphatic rings. The standard InChI is InChI=1S/C24H22N4.C2H3N.CH4O.2ClHO4.Ni/c1-2-9-20(10-3-1)24-14-8-13-23(27-24)19-28(17-21-11-4-6-15-25-21)18-22-12-5-7-16-26-22;1-2-3;1-2;2*2-1(3,4)5;/h1-16H,17-19H2;1H3;2H,1H3;2*(H,2,3,4,5);/q;;;;;+3/p-2. The summed E-state index contributed by atoms with van der Waals surface area (Å²) < 4.78 is 67.9. The van der Waals surface area contributed by atoms with E-state index >= 15 is 0 Å². The summed E-state index contributed by atoms with van der Waals surface area (Å²) in [7, 11) is -8.89. The fourth-order valence-electron chi connectivity index (χ4n) is 3.18. The van der Waals surface area contributed by atoms with Crippen molar-refractivity contribution in [1.82, 2.24) is 19.9 Å². The number of nitrogens with zero attached hydrogens (tertiary/aromatic N) is 5. The number of aromatic nitrogens is 3. The summed E-state index contributed by atoms with van der Waals surface area (Å²) in [5, 5.41) is 14.3. The van der Waals surface area contributed by atoms with E-state index < -0.39 is 20.5 Å². The van der Waals surface area contributed by atoms with Gasteiger partial charge < -0.3 is 5.11 Å². The summed E-state index contributed by atoms with van der Waals surface area (Å²) in [6, 6.07) is 30.3. The molecule has 0 spiro atoms. The summed E-state index contributed by atoms with van der Waals surface area (Å²) in [5.41, 5.74) is 5.24. The zero-order valence-electron chi connectivity index (χ0n) is 23.4. The Kier molecular flexibility index (Phi) is 23.6. The van der Waals surface area contributed by atoms with Crippen LogP contribution in [0.2, 0.25) is 0 Å². The van der Waals surface area contributed by atoms with Crippen LogP contribution in [0.15, 0.2) is 97.3 Å². The van der Waals surface area contributed by atoms with Gasteiger partial charge in [0.25, 0.3) is 0 Å². The number of pyridine rings is 3. The largest absolute Gasteiger partial charge is 3.00 e. The Morgan fingerprint density at radius 2 is 1.00 bits per heavy atom. The van der Waals surface area contributed by atoms with Gasteiger partial charge in [-0.15, -0.1) is 20.5 Å². The molecule has 14 nitrogen and oxygen atoms in total. The Hall–Kier alpha value is -3.17. The molecule has 4 aromatic rings. The van der Waals surface area contributed by atoms with Crippen molar-refractivity contribution in [3.63, 3.8) is 0 Å². The number of aliphatic hydroxyl groups excluding tert-OH is 1. The van der Waals surface area contributed by atoms with Crippen molar-refractivity contribution in [1.29, 1.82) is 5.26 Å². The molecule has 1 N–H and O–H groups in total. The van der Waals surface area contributed by atoms with Crippen molar-refractivity contribution < 1.29 is 79.4 Å². The van der Waals surface area contributed by atoms with Crippen LogP contribution in [0.5, 0.6) is 0 Å². The van der Waals surface area contributed by atoms with Gasteiger partial charge in [0.1, 0.15) is 0 Å². The number of halogens is 2. The SMILES string of the molecule is CC#N.CO.[Ni+3].[O-][Cl+3]([O-])([O-])[O-].[O-][Cl+3]([O-])([O-])[O-].c1ccc(-c2cccc(CN(Cc3ccccn3)Cc3ccccn3)n2)cc1. The van der Waals surface area contributed by atoms with Crippen LogP contribution in [0.25, 0.3) is 11.3 Å². The monoisotopic (exact) mass is 695 g/mol. The van der Waals surface area contributed by atoms with Crippen LogP contribution in [0.1, 0.15) is 24.0 Å². The van der Waals surface area contributed by atoms with Gasteiger partial charge in [0, 0.05) is 51.6 Å². The zero-order chi connectivity index (χ0) is 32.7. The van der Waals surface area contributed by atoms with Gasteiger partial charge in [0.15, 0.2) is 0 Å². The van der Waals surface area contributed by atoms with E-state index in [0.29, 0.717) is 0 Å². The van der Waals surface area contributed by atoms with E-state index in [1.54, 1.807) is 6.07 Å². The van der Waals surface area contributed by atoms with E-state index in [0.717, 1.165) is 55.1 Å². The summed E-state index contributed by atoms with van der Waals surface area (Å²) in [6.45, 7) is 3.65. The number of aliphatic hydroxyl groups is 1. The molecule has 1 radical (unpaired) electrons. The first-order valence-electron chi connectivity index (χ1n) is 11.8. The van der Waals surface area contributed by atoms with Crippen LogP contribution in [0, 0.1) is 31.8 Å². The minimum atomic E-state index is -4.94. The van der Waals surface area contributed by atoms with Gasteiger partial charge in [-0.1, -0.05) is 48.5 Å². The smallest absolute Gasteiger partial charge is 0.400 e. The Bertz CT molecular complexity index is 1230. The molecule has 4 rings (SSSR count). The van der Waals surface area contributed by atoms with E-state index in [9.17, 15) is 0 Å². The maximum Gasteiger partial charge on any atom is 3.00 e. The van der Waals surface area contributed by atoms with Crippen molar-refractivity contribution >= 4 is 0 Å². The maximum atomic E-state index is 8.49. The predicted molar refractivity (Wildman–Crippen MR) is 131 cm³/mol. The van der Waals surface area contributed by atoms with E-state index in [1.807, 2.05) is 54.9 Å². The molecule has 239 valence electrons. The van der Waals surface area contributed by atoms with Gasteiger partial charge in [0.2, 0.25) is 0 Å². The van der Waals surface area contributed by atoms with Gasteiger partial charge in [0.05, 0.1) is 28.8 Å². The number of hydrogen-bond acceptors (Lipinski definition) is 14. The minimum absolute atomic E-state index is 0. The third kappa shape index (κ3) is 25.3. The number of nitriles is 1. The fraction of sp³-hybridized carbons (Fsp3) is 0.185. The number of benzene rings is 1. The van der Waals surface area contributed by atoms with Crippen molar-refractivity contribution in [2.75, 3.05) is 7.11 Å². The van der Waals surface area contributed by atoms with Gasteiger partial charge in [-0.05, 0) is 36.4 Å². The molecule has 17 heteroatoms. The van der Waals surface area contributed by atoms with E-state index in [1.165, 1.54) is 6.92 Å². The second kappa shape index (κ2) is 24.2. The molecule has 44 heavy (non-hydrogen) atoms. The predicted octanol–water partition coefficient (Wildman–Crippen LogP) is -4.64. The van der Waals surface area contributed by atoms with Gasteiger partial charge in [-0.2, -0.15) is 5.26 Å². The van der Waals surface area contributed by atoms with E-state index in [4.69, 9.17) is 52.6 Å². The second-order valence-electron chi connectivity index (χ2n) is 7.65. The first-order valence-corrected chi connectivity index (χ1v) is 14.3. The summed E-state index contributed by atoms with van der Waals surface area (Å²) in [5.74, 6) is 0. The third-order valence-corrected chi connectivity index (χ3v) is 4.49. The van der Waals surface area contributed by atoms with Crippen molar-refractivity contribution in [2.45, 2.75) is 26.6 Å². The zero-order valence-corrected chi connectivity index (χ0v) is 25.9. The van der Waals surface area contributed by atoms with E-state index in [2.05, 4.69) is 57.3 Å². The summed E-state index contributed by atoms with van der Waals surface area (Å²) >= 11 is 0. The van der Waals surface area contributed by atoms with Gasteiger partial charge >= 0.3 is 16.5 Å². The first-order chi connectivity index (χ1) is 20.3. The molecule has 0 unspecified atom stereocenters. The molecular formula is C27H29Cl2N5NiO9+. The Balaban J connectivity index is 0. The minimum Gasteiger partial charge on any atom is -0.400 e. The molecule has 3 heterocycles. The van der Waals surface area contributed by atoms with Crippen LogP contribution >= 0.6 is 0 Å². The molecular weight excluding hydrogens is 668 g/mol. The summed E-state index contributed by atoms with van der Waals surface area (Å²) in [6.07, 6.45) is 3.67. The molecule has 1 aromatic carbocycles. The Morgan fingerprint density at radius 1 is 0.636 bits per heavy atom. The molecule has 0 saturated carbocycles. The molecule has 0 amide bonds. The average molecular weight is 697 g/mol. The molecule has 0 aliphatic carbocycles. The van der Waals surface area contributed by atoms with Crippen LogP contribution in [-0.4, -0.2) is 32.1 Å². The normalized spacial score (nSPS) is 9.98. The second-order valence-corrected chi connectivity index (χ2v) is 9.16. The number of rotatable bonds is 7. The van der Waals surface area contributed by atoms with E-state index in [-0.39, 0.29) is 16.5 Å². The first kappa shape index (κ1) is 43.0. The molecule has 3 aromatic heterocycles. The van der Waals surface area contributed by atoms with Gasteiger partial charge in [-0.3, -0.25) is 19.9 Å². The molecule has 0 aliphatic heterocycles. The molecule has 0 fully saturated rings. The number of hydrogen-bond donors (Lipinski definition) is 1. The van der Waals surface area contributed by atoms with Gasteiger partial charge in [-0.25, -0.2) is 37.3 Å². The third-order valence-electron chi connectivity index (χ3n) is 4.49. The topological polar surface area (TPSA) is 270 Å². The van der Waals surface area contributed by atoms with Crippen LogP contribution < -0.4 is 37.3 Å². The molecule has 0 saturated heterocycles. The maximum absolute atomic E-state index is 8.49. The van der Waals surface area contributed by atoms with Crippen LogP contribution in [-0.2, 0) is 36.1 Å². The van der Waals surface area contributed by atoms with Crippen LogP contribution in [0.3, 0.4) is 0 Å². The fourth-order valence-corrected chi connectivity index (χ4v) is 3.18. The van der Waals surface area contributed by atoms with Crippen LogP contribution in [0.4, 0.5) is 0 Å². The Morgan fingerprint density at radius 3 is 1.39 bits per heavy atom. The average Bonchev–Trinajstić information content (AvgIpc) is 2.95. The van der Waals surface area contributed by atoms with Crippen molar-refractivity contribution in [3.05, 3.63) is 114 Å². The van der Waals surface area contributed by atoms with Crippen molar-refractivity contribution in [3.8, 4) is 17.3 Å². The van der Waals surface area contributed by atoms with Crippen molar-refractivity contribution in [2.24, 2.45) is 0 Å². The summed E-state index contributed by atoms with van der Waals surface area (Å²) in [4.78, 5) is 16.2. The molecule has 0 atom stereocenters. The molecule has 0 bridgehead atoms.